The Balaban J connectivity index is 1.86. The lowest BCUT2D eigenvalue weighted by atomic mass is 9.90. The molecule has 1 aromatic rings. The maximum Gasteiger partial charge on any atom is 0.408 e. The highest BCUT2D eigenvalue weighted by atomic mass is 32.2. The number of carbonyl (C=O) groups excluding carboxylic acids is 1. The summed E-state index contributed by atoms with van der Waals surface area (Å²) in [6, 6.07) is 0. The first-order valence-electron chi connectivity index (χ1n) is 8.48. The lowest BCUT2D eigenvalue weighted by molar-refractivity contribution is -0.147. The zero-order valence-corrected chi connectivity index (χ0v) is 16.2. The molecule has 0 bridgehead atoms. The standard InChI is InChI=1S/C16H22N4O6S/c1-6-17-13(20-19-6)27-7-5-16(12(23)24,10-8(7)9(10)11(21)22)18-14(25)26-15(2,3)4/h7-10H,5H2,1-4H3,(H,18,25)(H,21,22)(H,23,24)(H,17,19,20)/t7-,8+,9+,10+,16+/m1/s1. The quantitative estimate of drug-likeness (QED) is 0.574. The zero-order chi connectivity index (χ0) is 20.1. The van der Waals surface area contributed by atoms with E-state index in [4.69, 9.17) is 4.74 Å². The van der Waals surface area contributed by atoms with Gasteiger partial charge < -0.3 is 25.3 Å². The van der Waals surface area contributed by atoms with Gasteiger partial charge >= 0.3 is 18.0 Å². The van der Waals surface area contributed by atoms with Crippen molar-refractivity contribution in [1.29, 1.82) is 0 Å². The molecule has 27 heavy (non-hydrogen) atoms. The van der Waals surface area contributed by atoms with Crippen molar-refractivity contribution in [3.63, 3.8) is 0 Å². The van der Waals surface area contributed by atoms with E-state index in [0.29, 0.717) is 11.0 Å². The van der Waals surface area contributed by atoms with Gasteiger partial charge in [0.1, 0.15) is 17.0 Å². The van der Waals surface area contributed by atoms with Crippen LogP contribution in [-0.2, 0) is 14.3 Å². The maximum atomic E-state index is 12.3. The number of amides is 1. The zero-order valence-electron chi connectivity index (χ0n) is 15.3. The van der Waals surface area contributed by atoms with E-state index >= 15 is 0 Å². The number of aromatic amines is 1. The number of fused-ring (bicyclic) bond motifs is 1. The second-order valence-electron chi connectivity index (χ2n) is 7.95. The predicted molar refractivity (Wildman–Crippen MR) is 93.2 cm³/mol. The van der Waals surface area contributed by atoms with Crippen molar-refractivity contribution in [2.75, 3.05) is 0 Å². The third kappa shape index (κ3) is 3.60. The number of hydrogen-bond acceptors (Lipinski definition) is 7. The Morgan fingerprint density at radius 1 is 1.30 bits per heavy atom. The van der Waals surface area contributed by atoms with Crippen LogP contribution in [-0.4, -0.2) is 59.8 Å². The van der Waals surface area contributed by atoms with Crippen molar-refractivity contribution in [1.82, 2.24) is 20.5 Å². The first kappa shape index (κ1) is 19.5. The number of ether oxygens (including phenoxy) is 1. The second-order valence-corrected chi connectivity index (χ2v) is 9.17. The van der Waals surface area contributed by atoms with E-state index < -0.39 is 41.0 Å². The number of hydrogen-bond donors (Lipinski definition) is 4. The van der Waals surface area contributed by atoms with Crippen molar-refractivity contribution >= 4 is 29.8 Å². The molecule has 2 saturated carbocycles. The largest absolute Gasteiger partial charge is 0.481 e. The fraction of sp³-hybridized carbons (Fsp3) is 0.688. The number of carboxylic acids is 2. The Hall–Kier alpha value is -2.30. The summed E-state index contributed by atoms with van der Waals surface area (Å²) < 4.78 is 5.20. The second kappa shape index (κ2) is 6.39. The fourth-order valence-corrected chi connectivity index (χ4v) is 5.31. The monoisotopic (exact) mass is 398 g/mol. The van der Waals surface area contributed by atoms with Crippen molar-refractivity contribution < 1.29 is 29.3 Å². The molecule has 11 heteroatoms. The highest BCUT2D eigenvalue weighted by Gasteiger charge is 2.76. The molecule has 2 fully saturated rings. The predicted octanol–water partition coefficient (Wildman–Crippen LogP) is 1.27. The molecule has 4 N–H and O–H groups in total. The molecule has 10 nitrogen and oxygen atoms in total. The average Bonchev–Trinajstić information content (AvgIpc) is 3.02. The molecule has 0 spiro atoms. The van der Waals surface area contributed by atoms with E-state index in [1.807, 2.05) is 0 Å². The normalized spacial score (nSPS) is 31.9. The van der Waals surface area contributed by atoms with Crippen LogP contribution in [0, 0.1) is 24.7 Å². The molecule has 2 aliphatic rings. The molecule has 0 aromatic carbocycles. The van der Waals surface area contributed by atoms with Crippen molar-refractivity contribution in [2.24, 2.45) is 17.8 Å². The molecule has 5 atom stereocenters. The van der Waals surface area contributed by atoms with Crippen LogP contribution >= 0.6 is 11.8 Å². The van der Waals surface area contributed by atoms with Crippen LogP contribution in [0.15, 0.2) is 5.16 Å². The van der Waals surface area contributed by atoms with Crippen molar-refractivity contribution in [3.05, 3.63) is 5.82 Å². The smallest absolute Gasteiger partial charge is 0.408 e. The highest BCUT2D eigenvalue weighted by molar-refractivity contribution is 7.99. The summed E-state index contributed by atoms with van der Waals surface area (Å²) in [5, 5.41) is 29.8. The number of aromatic nitrogens is 3. The van der Waals surface area contributed by atoms with Crippen LogP contribution in [0.25, 0.3) is 0 Å². The van der Waals surface area contributed by atoms with E-state index in [-0.39, 0.29) is 17.6 Å². The summed E-state index contributed by atoms with van der Waals surface area (Å²) in [4.78, 5) is 38.9. The molecule has 3 rings (SSSR count). The number of aryl methyl sites for hydroxylation is 1. The molecule has 2 aliphatic carbocycles. The summed E-state index contributed by atoms with van der Waals surface area (Å²) >= 11 is 1.25. The van der Waals surface area contributed by atoms with E-state index in [9.17, 15) is 24.6 Å². The average molecular weight is 398 g/mol. The van der Waals surface area contributed by atoms with Gasteiger partial charge in [-0.05, 0) is 40.0 Å². The molecule has 1 amide bonds. The number of rotatable bonds is 5. The van der Waals surface area contributed by atoms with Crippen LogP contribution in [0.3, 0.4) is 0 Å². The van der Waals surface area contributed by atoms with Gasteiger partial charge in [-0.1, -0.05) is 11.8 Å². The number of carboxylic acid groups (broad SMARTS) is 2. The number of nitrogens with one attached hydrogen (secondary N) is 2. The topological polar surface area (TPSA) is 154 Å². The first-order valence-corrected chi connectivity index (χ1v) is 9.36. The minimum absolute atomic E-state index is 0.0745. The van der Waals surface area contributed by atoms with E-state index in [2.05, 4.69) is 20.5 Å². The van der Waals surface area contributed by atoms with Gasteiger partial charge in [-0.25, -0.2) is 9.59 Å². The lowest BCUT2D eigenvalue weighted by Crippen LogP contribution is -2.57. The Kier molecular flexibility index (Phi) is 4.61. The molecular weight excluding hydrogens is 376 g/mol. The highest BCUT2D eigenvalue weighted by Crippen LogP contribution is 2.65. The van der Waals surface area contributed by atoms with Crippen LogP contribution in [0.4, 0.5) is 4.79 Å². The number of nitrogens with zero attached hydrogens (tertiary/aromatic N) is 2. The van der Waals surface area contributed by atoms with Gasteiger partial charge in [-0.3, -0.25) is 4.79 Å². The Labute approximate surface area is 159 Å². The van der Waals surface area contributed by atoms with E-state index in [1.165, 1.54) is 11.8 Å². The summed E-state index contributed by atoms with van der Waals surface area (Å²) in [6.07, 6.45) is -0.800. The summed E-state index contributed by atoms with van der Waals surface area (Å²) in [5.74, 6) is -3.66. The van der Waals surface area contributed by atoms with Crippen molar-refractivity contribution in [2.45, 2.75) is 55.7 Å². The maximum absolute atomic E-state index is 12.3. The molecule has 1 heterocycles. The minimum atomic E-state index is -1.69. The summed E-state index contributed by atoms with van der Waals surface area (Å²) in [6.45, 7) is 6.73. The molecule has 0 radical (unpaired) electrons. The van der Waals surface area contributed by atoms with Gasteiger partial charge in [0.2, 0.25) is 0 Å². The minimum Gasteiger partial charge on any atom is -0.481 e. The van der Waals surface area contributed by atoms with Gasteiger partial charge in [-0.2, -0.15) is 0 Å². The first-order chi connectivity index (χ1) is 12.4. The number of thioether (sulfide) groups is 1. The molecule has 0 saturated heterocycles. The van der Waals surface area contributed by atoms with Gasteiger partial charge in [0.05, 0.1) is 5.92 Å². The van der Waals surface area contributed by atoms with E-state index in [1.54, 1.807) is 27.7 Å². The molecule has 148 valence electrons. The fourth-order valence-electron chi connectivity index (χ4n) is 3.89. The Morgan fingerprint density at radius 3 is 2.44 bits per heavy atom. The molecule has 1 aromatic heterocycles. The molecular formula is C16H22N4O6S. The van der Waals surface area contributed by atoms with Gasteiger partial charge in [0, 0.05) is 11.2 Å². The van der Waals surface area contributed by atoms with Crippen LogP contribution in [0.1, 0.15) is 33.0 Å². The number of alkyl carbamates (subject to hydrolysis) is 1. The Bertz CT molecular complexity index is 790. The Morgan fingerprint density at radius 2 is 1.96 bits per heavy atom. The van der Waals surface area contributed by atoms with Crippen LogP contribution in [0.2, 0.25) is 0 Å². The van der Waals surface area contributed by atoms with E-state index in [0.717, 1.165) is 0 Å². The van der Waals surface area contributed by atoms with Crippen LogP contribution in [0.5, 0.6) is 0 Å². The van der Waals surface area contributed by atoms with Crippen LogP contribution < -0.4 is 5.32 Å². The number of carbonyl (C=O) groups is 3. The third-order valence-corrected chi connectivity index (χ3v) is 6.02. The molecule has 0 aliphatic heterocycles. The third-order valence-electron chi connectivity index (χ3n) is 4.83. The lowest BCUT2D eigenvalue weighted by Gasteiger charge is -2.31. The van der Waals surface area contributed by atoms with Gasteiger partial charge in [-0.15, -0.1) is 10.2 Å². The summed E-state index contributed by atoms with van der Waals surface area (Å²) in [5.41, 5.74) is -2.49. The van der Waals surface area contributed by atoms with Crippen molar-refractivity contribution in [3.8, 4) is 0 Å². The van der Waals surface area contributed by atoms with Gasteiger partial charge in [0.25, 0.3) is 0 Å². The number of aliphatic carboxylic acids is 2. The molecule has 0 unspecified atom stereocenters. The number of H-pyrrole nitrogens is 1. The summed E-state index contributed by atoms with van der Waals surface area (Å²) in [7, 11) is 0. The van der Waals surface area contributed by atoms with Gasteiger partial charge in [0.15, 0.2) is 5.16 Å². The SMILES string of the molecule is Cc1nnc(S[C@@H]2C[C@@](NC(=O)OC(C)(C)C)(C(=O)O)[C@@H]3[C@@H](C(=O)O)[C@@H]32)[nH]1.